The molecule has 0 bridgehead atoms. The minimum atomic E-state index is -0.331. The van der Waals surface area contributed by atoms with Gasteiger partial charge in [-0.1, -0.05) is 149 Å². The molecule has 0 heterocycles. The zero-order valence-electron chi connectivity index (χ0n) is 104. The highest BCUT2D eigenvalue weighted by Gasteiger charge is 2.31. The molecule has 0 aliphatic carbocycles. The van der Waals surface area contributed by atoms with E-state index in [1.165, 1.54) is 241 Å². The Hall–Kier alpha value is -5.50. The highest BCUT2D eigenvalue weighted by atomic mass is 32.2. The van der Waals surface area contributed by atoms with E-state index in [2.05, 4.69) is 219 Å². The number of rotatable bonds is 69. The minimum Gasteiger partial charge on any atom is -0.444 e. The number of likely N-dealkylation sites (N-methyl/N-ethyl adjacent to an activating group) is 6. The van der Waals surface area contributed by atoms with E-state index in [0.29, 0.717) is 39.6 Å². The zero-order chi connectivity index (χ0) is 117. The molecule has 0 aromatic rings. The monoisotopic (exact) mass is 2220 g/mol. The van der Waals surface area contributed by atoms with Gasteiger partial charge in [-0.05, 0) is 160 Å². The summed E-state index contributed by atoms with van der Waals surface area (Å²) in [7, 11) is 29.2. The van der Waals surface area contributed by atoms with Crippen LogP contribution in [0.4, 0.5) is 47.9 Å². The summed E-state index contributed by atoms with van der Waals surface area (Å²) in [4.78, 5) is 115. The Morgan fingerprint density at radius 3 is 0.530 bits per heavy atom. The van der Waals surface area contributed by atoms with Crippen molar-refractivity contribution < 1.29 is 121 Å². The van der Waals surface area contributed by atoms with Crippen molar-refractivity contribution in [3.8, 4) is 0 Å². The van der Waals surface area contributed by atoms with Crippen LogP contribution in [0, 0.1) is 0 Å². The third-order valence-electron chi connectivity index (χ3n) is 27.6. The number of carbonyl (C=O) groups is 10. The summed E-state index contributed by atoms with van der Waals surface area (Å²) in [5.41, 5.74) is 20.3. The Morgan fingerprint density at radius 2 is 0.362 bits per heavy atom. The van der Waals surface area contributed by atoms with Crippen LogP contribution >= 0.6 is 47.0 Å². The average Bonchev–Trinajstić information content (AvgIpc) is 0.875. The van der Waals surface area contributed by atoms with Crippen molar-refractivity contribution in [3.63, 3.8) is 0 Å². The quantitative estimate of drug-likeness (QED) is 0.0243. The SMILES string of the molecule is CCCC[N+](CC)(CCC)CCOC(=O)N(C)C.CCCC[N+](CC)(CCC)CCOC(=O)NC.CCCC[N+](CC)(CCC)CCSC(N)=O.CCC[N+](CC)(CCC)CCOC(=O)N(C)C.CCC[N+](CC)(CCC)CCOC(=O)NC.CCC[N+](CC)(CCC)CCSC(N)=O.CC[N+](CC)(CC)CCOC(=O)N(C)C.CC[N+](CC)(CC)CCSC(N)=O.CN(C)C(=O)OCC[N+](C)(C)C.C[N+](C)(C)CCSC(N)=O. The molecule has 10 amide bonds. The summed E-state index contributed by atoms with van der Waals surface area (Å²) < 4.78 is 41.1. The van der Waals surface area contributed by atoms with Crippen molar-refractivity contribution in [2.24, 2.45) is 22.9 Å². The average molecular weight is 2220 g/mol. The van der Waals surface area contributed by atoms with E-state index in [4.69, 9.17) is 51.4 Å². The van der Waals surface area contributed by atoms with Crippen molar-refractivity contribution in [1.29, 1.82) is 0 Å². The fourth-order valence-electron chi connectivity index (χ4n) is 17.0. The summed E-state index contributed by atoms with van der Waals surface area (Å²) in [6.45, 7) is 93.5. The smallest absolute Gasteiger partial charge is 0.409 e. The second kappa shape index (κ2) is 102. The van der Waals surface area contributed by atoms with Crippen LogP contribution < -0.4 is 33.6 Å². The second-order valence-corrected chi connectivity index (χ2v) is 46.0. The van der Waals surface area contributed by atoms with E-state index in [0.717, 1.165) is 212 Å². The molecule has 40 heteroatoms. The Balaban J connectivity index is -0.000000181. The summed E-state index contributed by atoms with van der Waals surface area (Å²) in [5.74, 6) is 3.35. The lowest BCUT2D eigenvalue weighted by Crippen LogP contribution is -2.51. The van der Waals surface area contributed by atoms with Crippen LogP contribution in [0.2, 0.25) is 0 Å². The minimum absolute atomic E-state index is 0.240. The van der Waals surface area contributed by atoms with Crippen molar-refractivity contribution in [2.45, 2.75) is 262 Å². The first-order chi connectivity index (χ1) is 69.8. The third-order valence-corrected chi connectivity index (χ3v) is 30.2. The highest BCUT2D eigenvalue weighted by Crippen LogP contribution is 2.20. The van der Waals surface area contributed by atoms with E-state index in [1.807, 2.05) is 0 Å². The maximum Gasteiger partial charge on any atom is 0.409 e. The van der Waals surface area contributed by atoms with Gasteiger partial charge in [-0.25, -0.2) is 28.8 Å². The van der Waals surface area contributed by atoms with Gasteiger partial charge >= 0.3 is 36.6 Å². The lowest BCUT2D eigenvalue weighted by molar-refractivity contribution is -0.927. The normalized spacial score (nSPS) is 12.4. The molecule has 0 aliphatic heterocycles. The molecular weight excluding hydrogens is 1970 g/mol. The number of primary amides is 4. The topological polar surface area (TPSA) is 367 Å². The standard InChI is InChI=1S/C14H31N2O2.C13H29N2O2.C13H28N2O2.C12H26N2O2.C12H26N2OS.C11H25N2O2.C11H24N2OS.C9H20N2OS.C8H19N2O2.C6H14N2OS/c1-6-9-11-16(8-3,10-7-2)12-13-18-14(17)15(4)5;1-6-9-15(8-3,10-7-2)11-12-17-13(16)14(4)5;1-5-8-10-15(7-3,9-6-2)11-12-17-13(16)14-4;1-5-8-14(7-3,9-6-2)10-11-16-12(15)13-4;1-4-7-9-14(6-3,8-5-2)10-11-16-12(13)15;1-6-13(7-2,8-3)9-10-15-11(14)12(4)5;1-4-7-13(6-3,8-5-2)9-10-15-11(12)14;1-4-11(5-2,6-3)7-8-13-9(10)12;1-9(2)8(11)12-7-6-10(3,4)5;1-8(2,3)4-5-10-6(7)9/h6-13H2,1-5H3;6-12H2,1-5H3;5-12H2,1-4H3;5-11H2,1-4H3;4-11H2,1-3H3,(H-,13,15);6-10H2,1-5H3;4-10H2,1-3H3,(H-,12,14);4-8H2,1-3H3,(H-,10,12);6-7H2,1-5H3;4-5H2,1-3H3,(H-,7,9)/q2*+1;;;;+1;;;+1;/p+6. The van der Waals surface area contributed by atoms with Crippen LogP contribution in [0.25, 0.3) is 0 Å². The molecule has 0 saturated heterocycles. The predicted octanol–water partition coefficient (Wildman–Crippen LogP) is 18.9. The molecule has 0 rings (SSSR count). The molecule has 0 aromatic heterocycles. The van der Waals surface area contributed by atoms with Crippen molar-refractivity contribution in [2.75, 3.05) is 398 Å². The van der Waals surface area contributed by atoms with Crippen LogP contribution in [0.15, 0.2) is 0 Å². The Kier molecular flexibility index (Phi) is 112. The first kappa shape index (κ1) is 164. The molecule has 0 aromatic carbocycles. The highest BCUT2D eigenvalue weighted by molar-refractivity contribution is 8.14. The lowest BCUT2D eigenvalue weighted by Gasteiger charge is -2.37. The van der Waals surface area contributed by atoms with Gasteiger partial charge in [0, 0.05) is 70.5 Å². The second-order valence-electron chi connectivity index (χ2n) is 41.6. The lowest BCUT2D eigenvalue weighted by atomic mass is 10.2. The summed E-state index contributed by atoms with van der Waals surface area (Å²) >= 11 is 4.91. The van der Waals surface area contributed by atoms with Gasteiger partial charge in [-0.2, -0.15) is 0 Å². The number of ether oxygens (including phenoxy) is 6. The molecule has 0 spiro atoms. The molecule has 0 radical (unpaired) electrons. The number of amides is 10. The summed E-state index contributed by atoms with van der Waals surface area (Å²) in [5, 5.41) is 3.89. The van der Waals surface area contributed by atoms with E-state index in [9.17, 15) is 47.9 Å². The van der Waals surface area contributed by atoms with Crippen molar-refractivity contribution in [3.05, 3.63) is 0 Å². The molecule has 3 atom stereocenters. The van der Waals surface area contributed by atoms with Crippen LogP contribution in [0.1, 0.15) is 262 Å². The van der Waals surface area contributed by atoms with E-state index >= 15 is 0 Å². The van der Waals surface area contributed by atoms with Gasteiger partial charge < -0.3 is 126 Å². The van der Waals surface area contributed by atoms with Gasteiger partial charge in [-0.3, -0.25) is 19.2 Å². The van der Waals surface area contributed by atoms with E-state index < -0.39 is 0 Å². The number of unbranched alkanes of at least 4 members (excludes halogenated alkanes) is 3. The predicted molar refractivity (Wildman–Crippen MR) is 638 cm³/mol. The summed E-state index contributed by atoms with van der Waals surface area (Å²) in [6, 6.07) is 0. The molecule has 0 saturated carbocycles. The summed E-state index contributed by atoms with van der Waals surface area (Å²) in [6.07, 6.45) is 16.5. The molecule has 3 unspecified atom stereocenters. The molecule has 149 heavy (non-hydrogen) atoms. The Bertz CT molecular complexity index is 3170. The number of hydrogen-bond acceptors (Lipinski definition) is 20. The maximum atomic E-state index is 11.4. The van der Waals surface area contributed by atoms with Crippen LogP contribution in [0.5, 0.6) is 0 Å². The van der Waals surface area contributed by atoms with Gasteiger partial charge in [0.2, 0.25) is 0 Å². The zero-order valence-corrected chi connectivity index (χ0v) is 108. The van der Waals surface area contributed by atoms with Gasteiger partial charge in [-0.15, -0.1) is 0 Å². The number of quaternary nitrogens is 10. The van der Waals surface area contributed by atoms with E-state index in [-0.39, 0.29) is 57.5 Å². The molecule has 10 N–H and O–H groups in total. The number of nitrogens with one attached hydrogen (secondary N) is 2. The number of nitrogens with two attached hydrogens (primary N) is 4. The number of alkyl carbamates (subject to hydrolysis) is 2. The first-order valence-corrected chi connectivity index (χ1v) is 60.9. The number of nitrogens with zero attached hydrogens (tertiary/aromatic N) is 14. The van der Waals surface area contributed by atoms with Gasteiger partial charge in [0.25, 0.3) is 21.0 Å². The van der Waals surface area contributed by atoms with Crippen LogP contribution in [-0.2, 0) is 28.4 Å². The maximum absolute atomic E-state index is 11.4. The molecule has 894 valence electrons. The fraction of sp³-hybridized carbons (Fsp3) is 0.908. The number of hydrogen-bond donors (Lipinski definition) is 6. The Morgan fingerprint density at radius 1 is 0.208 bits per heavy atom. The largest absolute Gasteiger partial charge is 0.444 e. The van der Waals surface area contributed by atoms with Gasteiger partial charge in [0.1, 0.15) is 78.9 Å². The Labute approximate surface area is 933 Å². The molecule has 0 aliphatic rings. The van der Waals surface area contributed by atoms with E-state index in [1.54, 1.807) is 70.5 Å². The van der Waals surface area contributed by atoms with Crippen molar-refractivity contribution in [1.82, 2.24) is 30.2 Å². The van der Waals surface area contributed by atoms with Crippen molar-refractivity contribution >= 4 is 105 Å². The van der Waals surface area contributed by atoms with Crippen LogP contribution in [0.3, 0.4) is 0 Å². The number of thioether (sulfide) groups is 4. The number of carbonyl (C=O) groups excluding carboxylic acids is 10. The van der Waals surface area contributed by atoms with Gasteiger partial charge in [0.05, 0.1) is 249 Å². The van der Waals surface area contributed by atoms with Crippen LogP contribution in [-0.4, -0.2) is 520 Å². The molecule has 36 nitrogen and oxygen atoms in total. The molecule has 0 fully saturated rings. The first-order valence-electron chi connectivity index (χ1n) is 57.0. The van der Waals surface area contributed by atoms with Gasteiger partial charge in [0.15, 0.2) is 0 Å². The fourth-order valence-corrected chi connectivity index (χ4v) is 19.9. The third kappa shape index (κ3) is 95.6. The molecular formula is C109H248N20O16S4+10.